The number of hydrogen-bond donors (Lipinski definition) is 1. The molecular formula is C7H10N3O. The molecule has 4 heteroatoms. The first-order valence-corrected chi connectivity index (χ1v) is 3.68. The first-order chi connectivity index (χ1) is 5.40. The van der Waals surface area contributed by atoms with Crippen molar-refractivity contribution >= 4 is 5.82 Å². The number of hydrogen-bond acceptors (Lipinski definition) is 3. The van der Waals surface area contributed by atoms with Gasteiger partial charge < -0.3 is 10.1 Å². The minimum Gasteiger partial charge on any atom is -0.479 e. The van der Waals surface area contributed by atoms with Crippen LogP contribution in [0.3, 0.4) is 0 Å². The quantitative estimate of drug-likeness (QED) is 0.637. The lowest BCUT2D eigenvalue weighted by Crippen LogP contribution is -2.17. The zero-order valence-electron chi connectivity index (χ0n) is 6.42. The van der Waals surface area contributed by atoms with E-state index in [1.807, 2.05) is 4.68 Å². The van der Waals surface area contributed by atoms with Gasteiger partial charge in [-0.15, -0.1) is 5.10 Å². The standard InChI is InChI=1S/C7H10N3O/c1-11-7-5-6-8-3-2-4-10(6)9-7/h8H,2-4H2,1H3. The second-order valence-electron chi connectivity index (χ2n) is 2.49. The molecule has 0 unspecified atom stereocenters. The molecule has 0 atom stereocenters. The van der Waals surface area contributed by atoms with Crippen molar-refractivity contribution in [3.63, 3.8) is 0 Å². The van der Waals surface area contributed by atoms with Gasteiger partial charge in [0.15, 0.2) is 0 Å². The summed E-state index contributed by atoms with van der Waals surface area (Å²) >= 11 is 0. The SMILES string of the molecule is COc1[c]c2n(n1)CCCN2. The van der Waals surface area contributed by atoms with E-state index >= 15 is 0 Å². The summed E-state index contributed by atoms with van der Waals surface area (Å²) in [5.74, 6) is 1.50. The normalized spacial score (nSPS) is 15.4. The summed E-state index contributed by atoms with van der Waals surface area (Å²) in [6, 6.07) is 3.00. The molecule has 0 saturated heterocycles. The van der Waals surface area contributed by atoms with E-state index in [-0.39, 0.29) is 0 Å². The van der Waals surface area contributed by atoms with Gasteiger partial charge in [-0.25, -0.2) is 4.68 Å². The Morgan fingerprint density at radius 1 is 1.73 bits per heavy atom. The van der Waals surface area contributed by atoms with Gasteiger partial charge in [0.1, 0.15) is 5.82 Å². The van der Waals surface area contributed by atoms with Crippen molar-refractivity contribution in [2.24, 2.45) is 0 Å². The van der Waals surface area contributed by atoms with Crippen LogP contribution in [-0.4, -0.2) is 23.4 Å². The molecule has 11 heavy (non-hydrogen) atoms. The lowest BCUT2D eigenvalue weighted by atomic mass is 10.3. The molecular weight excluding hydrogens is 142 g/mol. The Hall–Kier alpha value is -1.19. The summed E-state index contributed by atoms with van der Waals surface area (Å²) in [7, 11) is 1.60. The van der Waals surface area contributed by atoms with Crippen molar-refractivity contribution in [1.82, 2.24) is 9.78 Å². The number of rotatable bonds is 1. The fourth-order valence-corrected chi connectivity index (χ4v) is 1.18. The average molecular weight is 152 g/mol. The number of nitrogens with zero attached hydrogens (tertiary/aromatic N) is 2. The molecule has 2 rings (SSSR count). The first-order valence-electron chi connectivity index (χ1n) is 3.68. The highest BCUT2D eigenvalue weighted by atomic mass is 16.5. The van der Waals surface area contributed by atoms with Crippen LogP contribution in [-0.2, 0) is 6.54 Å². The monoisotopic (exact) mass is 152 g/mol. The fraction of sp³-hybridized carbons (Fsp3) is 0.571. The summed E-state index contributed by atoms with van der Waals surface area (Å²) < 4.78 is 6.82. The molecule has 0 fully saturated rings. The fourth-order valence-electron chi connectivity index (χ4n) is 1.18. The third kappa shape index (κ3) is 1.04. The lowest BCUT2D eigenvalue weighted by molar-refractivity contribution is 0.386. The molecule has 0 aromatic carbocycles. The molecule has 4 nitrogen and oxygen atoms in total. The predicted octanol–water partition coefficient (Wildman–Crippen LogP) is 0.507. The number of fused-ring (bicyclic) bond motifs is 1. The van der Waals surface area contributed by atoms with Gasteiger partial charge in [-0.3, -0.25) is 0 Å². The van der Waals surface area contributed by atoms with E-state index in [0.29, 0.717) is 5.88 Å². The molecule has 0 spiro atoms. The first kappa shape index (κ1) is 6.52. The Morgan fingerprint density at radius 3 is 3.36 bits per heavy atom. The van der Waals surface area contributed by atoms with Crippen molar-refractivity contribution in [3.8, 4) is 5.88 Å². The topological polar surface area (TPSA) is 39.1 Å². The van der Waals surface area contributed by atoms with Gasteiger partial charge in [0, 0.05) is 13.1 Å². The van der Waals surface area contributed by atoms with Crippen LogP contribution in [0.15, 0.2) is 0 Å². The van der Waals surface area contributed by atoms with Crippen LogP contribution in [0, 0.1) is 6.07 Å². The Bertz CT molecular complexity index is 233. The minimum atomic E-state index is 0.564. The molecule has 1 aromatic heterocycles. The van der Waals surface area contributed by atoms with Gasteiger partial charge in [-0.2, -0.15) is 0 Å². The molecule has 0 amide bonds. The molecule has 2 heterocycles. The predicted molar refractivity (Wildman–Crippen MR) is 40.7 cm³/mol. The third-order valence-corrected chi connectivity index (χ3v) is 1.73. The number of aromatic nitrogens is 2. The van der Waals surface area contributed by atoms with E-state index in [0.717, 1.165) is 25.3 Å². The summed E-state index contributed by atoms with van der Waals surface area (Å²) in [5.41, 5.74) is 0. The minimum absolute atomic E-state index is 0.564. The maximum absolute atomic E-state index is 4.94. The number of nitrogens with one attached hydrogen (secondary N) is 1. The number of anilines is 1. The molecule has 0 bridgehead atoms. The average Bonchev–Trinajstić information content (AvgIpc) is 2.46. The van der Waals surface area contributed by atoms with Crippen molar-refractivity contribution in [1.29, 1.82) is 0 Å². The van der Waals surface area contributed by atoms with Crippen LogP contribution in [0.1, 0.15) is 6.42 Å². The van der Waals surface area contributed by atoms with Crippen molar-refractivity contribution in [2.45, 2.75) is 13.0 Å². The van der Waals surface area contributed by atoms with Crippen LogP contribution >= 0.6 is 0 Å². The highest BCUT2D eigenvalue weighted by Crippen LogP contribution is 2.18. The van der Waals surface area contributed by atoms with Crippen LogP contribution in [0.25, 0.3) is 0 Å². The van der Waals surface area contributed by atoms with Crippen LogP contribution in [0.5, 0.6) is 5.88 Å². The van der Waals surface area contributed by atoms with Gasteiger partial charge >= 0.3 is 0 Å². The van der Waals surface area contributed by atoms with E-state index in [1.165, 1.54) is 0 Å². The largest absolute Gasteiger partial charge is 0.479 e. The van der Waals surface area contributed by atoms with Crippen molar-refractivity contribution < 1.29 is 4.74 Å². The maximum atomic E-state index is 4.94. The van der Waals surface area contributed by atoms with Crippen LogP contribution < -0.4 is 10.1 Å². The molecule has 1 aliphatic rings. The molecule has 1 aromatic rings. The lowest BCUT2D eigenvalue weighted by Gasteiger charge is -2.13. The van der Waals surface area contributed by atoms with E-state index in [4.69, 9.17) is 4.74 Å². The summed E-state index contributed by atoms with van der Waals surface area (Å²) in [4.78, 5) is 0. The molecule has 1 N–H and O–H groups in total. The Kier molecular flexibility index (Phi) is 1.45. The molecule has 1 radical (unpaired) electrons. The zero-order chi connectivity index (χ0) is 7.68. The maximum Gasteiger partial charge on any atom is 0.243 e. The molecule has 0 saturated carbocycles. The second-order valence-corrected chi connectivity index (χ2v) is 2.49. The van der Waals surface area contributed by atoms with Crippen LogP contribution in [0.4, 0.5) is 5.82 Å². The van der Waals surface area contributed by atoms with E-state index in [1.54, 1.807) is 7.11 Å². The van der Waals surface area contributed by atoms with Crippen molar-refractivity contribution in [3.05, 3.63) is 6.07 Å². The van der Waals surface area contributed by atoms with Crippen LogP contribution in [0.2, 0.25) is 0 Å². The number of methoxy groups -OCH3 is 1. The van der Waals surface area contributed by atoms with Gasteiger partial charge in [-0.05, 0) is 6.42 Å². The van der Waals surface area contributed by atoms with E-state index in [9.17, 15) is 0 Å². The highest BCUT2D eigenvalue weighted by Gasteiger charge is 2.11. The Balaban J connectivity index is 2.32. The number of aryl methyl sites for hydroxylation is 1. The smallest absolute Gasteiger partial charge is 0.243 e. The Morgan fingerprint density at radius 2 is 2.64 bits per heavy atom. The van der Waals surface area contributed by atoms with E-state index < -0.39 is 0 Å². The van der Waals surface area contributed by atoms with Gasteiger partial charge in [0.25, 0.3) is 0 Å². The summed E-state index contributed by atoms with van der Waals surface area (Å²) in [5, 5.41) is 7.33. The molecule has 59 valence electrons. The zero-order valence-corrected chi connectivity index (χ0v) is 6.42. The summed E-state index contributed by atoms with van der Waals surface area (Å²) in [6.45, 7) is 1.97. The van der Waals surface area contributed by atoms with Gasteiger partial charge in [0.05, 0.1) is 13.2 Å². The summed E-state index contributed by atoms with van der Waals surface area (Å²) in [6.07, 6.45) is 1.12. The number of ether oxygens (including phenoxy) is 1. The van der Waals surface area contributed by atoms with Crippen molar-refractivity contribution in [2.75, 3.05) is 19.0 Å². The van der Waals surface area contributed by atoms with E-state index in [2.05, 4.69) is 16.5 Å². The Labute approximate surface area is 65.2 Å². The molecule has 0 aliphatic carbocycles. The second kappa shape index (κ2) is 2.45. The third-order valence-electron chi connectivity index (χ3n) is 1.73. The highest BCUT2D eigenvalue weighted by molar-refractivity contribution is 5.38. The van der Waals surface area contributed by atoms with Gasteiger partial charge in [0.2, 0.25) is 5.88 Å². The molecule has 1 aliphatic heterocycles. The van der Waals surface area contributed by atoms with Gasteiger partial charge in [-0.1, -0.05) is 0 Å².